The van der Waals surface area contributed by atoms with E-state index in [0.29, 0.717) is 16.7 Å². The molecule has 5 fully saturated rings. The number of halogens is 5. The van der Waals surface area contributed by atoms with Crippen LogP contribution >= 0.6 is 0 Å². The molecule has 0 bridgehead atoms. The molecule has 5 heteroatoms. The Morgan fingerprint density at radius 3 is 0.822 bits per heavy atom. The Hall–Kier alpha value is -2.69. The van der Waals surface area contributed by atoms with E-state index < -0.39 is 12.6 Å². The van der Waals surface area contributed by atoms with Gasteiger partial charge in [0.2, 0.25) is 0 Å². The third-order valence-electron chi connectivity index (χ3n) is 20.4. The van der Waals surface area contributed by atoms with Crippen molar-refractivity contribution in [2.45, 2.75) is 421 Å². The summed E-state index contributed by atoms with van der Waals surface area (Å²) in [4.78, 5) is 0. The van der Waals surface area contributed by atoms with Crippen molar-refractivity contribution in [2.75, 3.05) is 0 Å². The summed E-state index contributed by atoms with van der Waals surface area (Å²) in [6.45, 7) is 75.8. The van der Waals surface area contributed by atoms with Gasteiger partial charge in [0.15, 0.2) is 0 Å². The van der Waals surface area contributed by atoms with E-state index in [1.807, 2.05) is 12.1 Å². The summed E-state index contributed by atoms with van der Waals surface area (Å²) in [7, 11) is 0. The summed E-state index contributed by atoms with van der Waals surface area (Å²) in [5.41, 5.74) is 3.29. The molecule has 634 valence electrons. The van der Waals surface area contributed by atoms with Crippen LogP contribution in [0.2, 0.25) is 0 Å². The number of benzene rings is 3. The fourth-order valence-electron chi connectivity index (χ4n) is 13.5. The molecule has 0 N–H and O–H groups in total. The van der Waals surface area contributed by atoms with Gasteiger partial charge >= 0.3 is 6.18 Å². The maximum atomic E-state index is 12.9. The second-order valence-corrected chi connectivity index (χ2v) is 41.0. The van der Waals surface area contributed by atoms with Crippen LogP contribution in [0.4, 0.5) is 22.0 Å². The van der Waals surface area contributed by atoms with Crippen LogP contribution in [0.25, 0.3) is 0 Å². The quantitative estimate of drug-likeness (QED) is 0.111. The lowest BCUT2D eigenvalue weighted by Crippen LogP contribution is -2.12. The van der Waals surface area contributed by atoms with Gasteiger partial charge in [-0.25, -0.2) is 8.78 Å². The highest BCUT2D eigenvalue weighted by Crippen LogP contribution is 2.36. The Bertz CT molecular complexity index is 2210. The second-order valence-electron chi connectivity index (χ2n) is 41.0. The van der Waals surface area contributed by atoms with Gasteiger partial charge in [0, 0.05) is 6.42 Å². The van der Waals surface area contributed by atoms with Crippen molar-refractivity contribution in [1.29, 1.82) is 0 Å². The Morgan fingerprint density at radius 1 is 0.318 bits per heavy atom. The molecule has 0 aliphatic heterocycles. The summed E-state index contributed by atoms with van der Waals surface area (Å²) >= 11 is 0. The van der Waals surface area contributed by atoms with Crippen LogP contribution in [-0.2, 0) is 12.8 Å². The van der Waals surface area contributed by atoms with E-state index in [9.17, 15) is 22.0 Å². The molecule has 8 rings (SSSR count). The van der Waals surface area contributed by atoms with Crippen LogP contribution < -0.4 is 0 Å². The highest BCUT2D eigenvalue weighted by Gasteiger charge is 2.28. The van der Waals surface area contributed by atoms with Gasteiger partial charge in [-0.2, -0.15) is 13.2 Å². The van der Waals surface area contributed by atoms with Crippen molar-refractivity contribution < 1.29 is 22.0 Å². The van der Waals surface area contributed by atoms with Gasteiger partial charge in [0.05, 0.1) is 0 Å². The van der Waals surface area contributed by atoms with E-state index in [4.69, 9.17) is 0 Å². The Morgan fingerprint density at radius 2 is 0.626 bits per heavy atom. The lowest BCUT2D eigenvalue weighted by molar-refractivity contribution is -0.141. The van der Waals surface area contributed by atoms with Gasteiger partial charge in [0.1, 0.15) is 11.6 Å². The van der Waals surface area contributed by atoms with Gasteiger partial charge in [-0.05, 0) is 204 Å². The Balaban J connectivity index is -0.000000352. The molecule has 0 unspecified atom stereocenters. The number of alkyl halides is 3. The van der Waals surface area contributed by atoms with Crippen LogP contribution in [0.3, 0.4) is 0 Å². The molecule has 5 saturated carbocycles. The largest absolute Gasteiger partial charge is 0.389 e. The maximum Gasteiger partial charge on any atom is 0.389 e. The molecule has 107 heavy (non-hydrogen) atoms. The first kappa shape index (κ1) is 113. The second kappa shape index (κ2) is 67.8. The van der Waals surface area contributed by atoms with E-state index in [1.165, 1.54) is 191 Å². The first-order chi connectivity index (χ1) is 49.4. The van der Waals surface area contributed by atoms with Crippen molar-refractivity contribution in [2.24, 2.45) is 123 Å². The predicted octanol–water partition coefficient (Wildman–Crippen LogP) is 36.4. The maximum absolute atomic E-state index is 12.9. The average molecular weight is 1510 g/mol. The van der Waals surface area contributed by atoms with E-state index in [-0.39, 0.29) is 17.6 Å². The normalized spacial score (nSPS) is 15.5. The van der Waals surface area contributed by atoms with E-state index in [2.05, 4.69) is 252 Å². The van der Waals surface area contributed by atoms with Crippen molar-refractivity contribution in [3.63, 3.8) is 0 Å². The van der Waals surface area contributed by atoms with E-state index >= 15 is 0 Å². The smallest absolute Gasteiger partial charge is 0.207 e. The van der Waals surface area contributed by atoms with Crippen molar-refractivity contribution in [1.82, 2.24) is 0 Å². The lowest BCUT2D eigenvalue weighted by atomic mass is 9.80. The summed E-state index contributed by atoms with van der Waals surface area (Å²) in [5.74, 6) is 15.9. The molecule has 0 heterocycles. The zero-order valence-corrected chi connectivity index (χ0v) is 78.2. The highest BCUT2D eigenvalue weighted by atomic mass is 19.4. The zero-order valence-electron chi connectivity index (χ0n) is 78.2. The molecule has 5 aliphatic carbocycles. The lowest BCUT2D eigenvalue weighted by Gasteiger charge is -2.26. The molecule has 0 nitrogen and oxygen atoms in total. The SMILES string of the molecule is CC(C)C(C)(C)C.CC(C)C(C)C.CC(C)C1CCCCC1.CC(C)CC(C)(C)C.CC(C)CC(C)C.CC(C)CC(F)(F)F.CC(C)CC1CC1.CC(C)CC1CCC1.CC(C)CC1CCCC1.CC(C)CC1CCCCC1.CC(C)Cc1ccccc1.CC(C)Cc1ccccc1F.Fc1ccccc1. The number of hydrogen-bond donors (Lipinski definition) is 0. The number of hydrogen-bond acceptors (Lipinski definition) is 0. The molecular weight excluding hydrogens is 1320 g/mol. The molecule has 3 aromatic rings. The first-order valence-corrected chi connectivity index (χ1v) is 44.9. The van der Waals surface area contributed by atoms with E-state index in [0.717, 1.165) is 113 Å². The minimum Gasteiger partial charge on any atom is -0.207 e. The van der Waals surface area contributed by atoms with Crippen molar-refractivity contribution in [3.8, 4) is 0 Å². The first-order valence-electron chi connectivity index (χ1n) is 44.9. The minimum atomic E-state index is -3.98. The summed E-state index contributed by atoms with van der Waals surface area (Å²) < 4.78 is 58.8. The van der Waals surface area contributed by atoms with E-state index in [1.54, 1.807) is 38.1 Å². The third-order valence-corrected chi connectivity index (χ3v) is 20.4. The molecule has 5 aliphatic rings. The van der Waals surface area contributed by atoms with Gasteiger partial charge in [-0.15, -0.1) is 0 Å². The monoisotopic (exact) mass is 1510 g/mol. The Kier molecular flexibility index (Phi) is 71.5. The van der Waals surface area contributed by atoms with Gasteiger partial charge in [-0.3, -0.25) is 0 Å². The van der Waals surface area contributed by atoms with Crippen LogP contribution in [0.15, 0.2) is 84.9 Å². The Labute approximate surface area is 670 Å². The fraction of sp³-hybridized carbons (Fsp3) is 0.824. The van der Waals surface area contributed by atoms with Crippen LogP contribution in [0, 0.1) is 135 Å². The minimum absolute atomic E-state index is 0.0822. The molecular formula is C102H191F5. The zero-order chi connectivity index (χ0) is 83.5. The molecule has 0 saturated heterocycles. The summed E-state index contributed by atoms with van der Waals surface area (Å²) in [6, 6.07) is 25.5. The fourth-order valence-corrected chi connectivity index (χ4v) is 13.5. The standard InChI is InChI=1S/C10H13F.C10H20.C10H14.2C9H18.C8H16.C8H18.C7H14.2C7H16.C6H5F.C6H14.C5H9F3/c1-8(2)7-9-5-3-4-6-10(9)11;2*1-9(2)8-10-6-4-3-5-7-10;1-8(2)7-9-5-3-4-6-9;1-8(2)9-6-4-3-5-7-9;1-7(2)6-8-4-3-5-8;1-7(2)6-8(3,4)5;1-6(2)5-7-3-4-7;1-6(2)7(3,4)5;1-6(2)5-7(3)4;7-6-4-2-1-3-5-6;1-5(2)6(3)4;1-4(2)3-5(6,7)8/h3-6,8H,7H2,1-2H3;9-10H,3-8H2,1-2H3;3-7,9H,8H2,1-2H3;2*8-9H,3-7H2,1-2H3;7-8H,3-6H2,1-2H3;7H,6H2,1-5H3;6-7H,3-5H2,1-2H3;6H,1-5H3;6-7H,5H2,1-4H3;1-5H;5-6H,1-4H3;4H,3H2,1-2H3. The predicted molar refractivity (Wildman–Crippen MR) is 477 cm³/mol. The highest BCUT2D eigenvalue weighted by molar-refractivity contribution is 5.17. The number of rotatable bonds is 18. The van der Waals surface area contributed by atoms with Crippen molar-refractivity contribution >= 4 is 0 Å². The topological polar surface area (TPSA) is 0 Å². The summed E-state index contributed by atoms with van der Waals surface area (Å²) in [6.07, 6.45) is 34.5. The van der Waals surface area contributed by atoms with Crippen LogP contribution in [0.1, 0.15) is 413 Å². The molecule has 0 aromatic heterocycles. The van der Waals surface area contributed by atoms with Crippen molar-refractivity contribution in [3.05, 3.63) is 108 Å². The third kappa shape index (κ3) is 90.4. The van der Waals surface area contributed by atoms with Gasteiger partial charge in [0.25, 0.3) is 0 Å². The molecule has 0 atom stereocenters. The molecule has 3 aromatic carbocycles. The van der Waals surface area contributed by atoms with Gasteiger partial charge in [-0.1, -0.05) is 424 Å². The average Bonchev–Trinajstić information content (AvgIpc) is 1.91. The van der Waals surface area contributed by atoms with Gasteiger partial charge < -0.3 is 0 Å². The molecule has 0 amide bonds. The molecule has 0 spiro atoms. The summed E-state index contributed by atoms with van der Waals surface area (Å²) in [5, 5.41) is 0. The molecule has 0 radical (unpaired) electrons. The van der Waals surface area contributed by atoms with Crippen LogP contribution in [-0.4, -0.2) is 6.18 Å². The van der Waals surface area contributed by atoms with Crippen LogP contribution in [0.5, 0.6) is 0 Å².